The summed E-state index contributed by atoms with van der Waals surface area (Å²) in [6.45, 7) is -0.733. The molecule has 0 saturated carbocycles. The molecule has 4 aromatic rings. The molecule has 0 bridgehead atoms. The molecule has 5 atom stereocenters. The van der Waals surface area contributed by atoms with Gasteiger partial charge < -0.3 is 23.7 Å². The number of imidazole rings is 1. The highest BCUT2D eigenvalue weighted by Crippen LogP contribution is 2.31. The second kappa shape index (κ2) is 14.4. The molecule has 5 rings (SSSR count). The number of halogens is 1. The van der Waals surface area contributed by atoms with Crippen LogP contribution in [0.15, 0.2) is 110 Å². The van der Waals surface area contributed by atoms with Crippen LogP contribution in [-0.4, -0.2) is 65.8 Å². The van der Waals surface area contributed by atoms with E-state index in [1.165, 1.54) is 36.4 Å². The Morgan fingerprint density at radius 3 is 1.67 bits per heavy atom. The van der Waals surface area contributed by atoms with Crippen molar-refractivity contribution in [2.75, 3.05) is 6.61 Å². The van der Waals surface area contributed by atoms with Gasteiger partial charge in [-0.15, -0.1) is 0 Å². The third-order valence-corrected chi connectivity index (χ3v) is 6.88. The fraction of sp³-hybridized carbons (Fsp3) is 0.242. The first kappa shape index (κ1) is 31.1. The molecule has 5 unspecified atom stereocenters. The lowest BCUT2D eigenvalue weighted by Gasteiger charge is -2.42. The van der Waals surface area contributed by atoms with Gasteiger partial charge in [0.25, 0.3) is 0 Å². The van der Waals surface area contributed by atoms with E-state index in [0.29, 0.717) is 0 Å². The maximum atomic E-state index is 15.8. The molecule has 12 heteroatoms. The van der Waals surface area contributed by atoms with Gasteiger partial charge in [0.1, 0.15) is 25.1 Å². The highest BCUT2D eigenvalue weighted by molar-refractivity contribution is 5.91. The van der Waals surface area contributed by atoms with Crippen LogP contribution in [0.4, 0.5) is 4.39 Å². The van der Waals surface area contributed by atoms with Gasteiger partial charge in [-0.3, -0.25) is 0 Å². The Morgan fingerprint density at radius 1 is 0.733 bits per heavy atom. The van der Waals surface area contributed by atoms with Crippen molar-refractivity contribution in [3.8, 4) is 0 Å². The number of carbonyl (C=O) groups excluding carboxylic acids is 4. The van der Waals surface area contributed by atoms with Crippen LogP contribution in [0.5, 0.6) is 0 Å². The Labute approximate surface area is 257 Å². The predicted octanol–water partition coefficient (Wildman–Crippen LogP) is 3.23. The predicted molar refractivity (Wildman–Crippen MR) is 153 cm³/mol. The summed E-state index contributed by atoms with van der Waals surface area (Å²) in [6, 6.07) is 23.6. The van der Waals surface area contributed by atoms with Gasteiger partial charge in [0.05, 0.1) is 23.7 Å². The van der Waals surface area contributed by atoms with Gasteiger partial charge in [0, 0.05) is 0 Å². The SMILES string of the molecule is C[n+]1ccn(CC(=O)OCC2OC(F)C(OC(=O)c3ccccc3)C(OC(=O)c3ccccc3)C2OC(=O)c2ccccc2)c1. The van der Waals surface area contributed by atoms with E-state index < -0.39 is 61.3 Å². The summed E-state index contributed by atoms with van der Waals surface area (Å²) in [7, 11) is 1.78. The molecule has 0 amide bonds. The fourth-order valence-corrected chi connectivity index (χ4v) is 4.66. The number of alkyl halides is 1. The standard InChI is InChI=1S/C33H30FN2O9/c1-35-17-18-36(21-35)19-26(37)41-20-25-27(43-31(38)22-11-5-2-6-12-22)28(44-32(39)23-13-7-3-8-14-23)29(30(34)42-25)45-33(40)24-15-9-4-10-16-24/h2-18,21,25,27-30H,19-20H2,1H3/q+1. The van der Waals surface area contributed by atoms with E-state index in [9.17, 15) is 19.2 Å². The topological polar surface area (TPSA) is 123 Å². The van der Waals surface area contributed by atoms with Gasteiger partial charge in [-0.05, 0) is 36.4 Å². The molecule has 45 heavy (non-hydrogen) atoms. The van der Waals surface area contributed by atoms with Crippen molar-refractivity contribution in [2.24, 2.45) is 7.05 Å². The third-order valence-electron chi connectivity index (χ3n) is 6.88. The molecule has 232 valence electrons. The van der Waals surface area contributed by atoms with Crippen LogP contribution >= 0.6 is 0 Å². The molecule has 1 fully saturated rings. The Hall–Kier alpha value is -5.36. The zero-order valence-corrected chi connectivity index (χ0v) is 24.1. The number of aryl methyl sites for hydroxylation is 1. The highest BCUT2D eigenvalue weighted by atomic mass is 19.1. The van der Waals surface area contributed by atoms with Crippen LogP contribution in [0.2, 0.25) is 0 Å². The molecule has 1 aromatic heterocycles. The van der Waals surface area contributed by atoms with Crippen LogP contribution in [0.25, 0.3) is 0 Å². The molecular formula is C33H30FN2O9+. The molecule has 3 aromatic carbocycles. The molecule has 0 N–H and O–H groups in total. The Kier molecular flexibility index (Phi) is 9.95. The molecular weight excluding hydrogens is 587 g/mol. The van der Waals surface area contributed by atoms with Crippen LogP contribution in [-0.2, 0) is 42.1 Å². The number of rotatable bonds is 10. The first-order valence-electron chi connectivity index (χ1n) is 14.0. The maximum Gasteiger partial charge on any atom is 0.348 e. The normalized spacial score (nSPS) is 20.9. The van der Waals surface area contributed by atoms with Gasteiger partial charge in [0.2, 0.25) is 12.7 Å². The summed E-state index contributed by atoms with van der Waals surface area (Å²) in [4.78, 5) is 52.1. The minimum absolute atomic E-state index is 0.102. The Bertz CT molecular complexity index is 1610. The van der Waals surface area contributed by atoms with Crippen molar-refractivity contribution in [1.29, 1.82) is 0 Å². The van der Waals surface area contributed by atoms with Gasteiger partial charge in [-0.2, -0.15) is 0 Å². The first-order valence-corrected chi connectivity index (χ1v) is 14.0. The lowest BCUT2D eigenvalue weighted by molar-refractivity contribution is -0.671. The van der Waals surface area contributed by atoms with Crippen molar-refractivity contribution in [1.82, 2.24) is 4.57 Å². The number of carbonyl (C=O) groups is 4. The van der Waals surface area contributed by atoms with Gasteiger partial charge in [-0.1, -0.05) is 54.6 Å². The summed E-state index contributed by atoms with van der Waals surface area (Å²) < 4.78 is 47.0. The fourth-order valence-electron chi connectivity index (χ4n) is 4.66. The number of hydrogen-bond donors (Lipinski definition) is 0. The summed E-state index contributed by atoms with van der Waals surface area (Å²) in [5.41, 5.74) is 0.357. The molecule has 1 aliphatic heterocycles. The Morgan fingerprint density at radius 2 is 1.20 bits per heavy atom. The number of esters is 4. The van der Waals surface area contributed by atoms with Crippen molar-refractivity contribution < 1.29 is 51.8 Å². The number of nitrogens with zero attached hydrogens (tertiary/aromatic N) is 2. The summed E-state index contributed by atoms with van der Waals surface area (Å²) in [6.07, 6.45) is -3.88. The number of hydrogen-bond acceptors (Lipinski definition) is 9. The molecule has 0 spiro atoms. The Balaban J connectivity index is 1.45. The van der Waals surface area contributed by atoms with Crippen LogP contribution in [0.3, 0.4) is 0 Å². The maximum absolute atomic E-state index is 15.8. The average molecular weight is 618 g/mol. The highest BCUT2D eigenvalue weighted by Gasteiger charge is 2.53. The zero-order chi connectivity index (χ0) is 31.8. The molecule has 0 aliphatic carbocycles. The second-order valence-electron chi connectivity index (χ2n) is 10.2. The lowest BCUT2D eigenvalue weighted by atomic mass is 9.98. The van der Waals surface area contributed by atoms with Crippen molar-refractivity contribution >= 4 is 23.9 Å². The lowest BCUT2D eigenvalue weighted by Crippen LogP contribution is -2.61. The van der Waals surface area contributed by atoms with Crippen LogP contribution < -0.4 is 4.57 Å². The first-order chi connectivity index (χ1) is 21.8. The van der Waals surface area contributed by atoms with E-state index >= 15 is 4.39 Å². The van der Waals surface area contributed by atoms with E-state index in [2.05, 4.69) is 0 Å². The number of ether oxygens (including phenoxy) is 5. The zero-order valence-electron chi connectivity index (χ0n) is 24.1. The number of aromatic nitrogens is 2. The van der Waals surface area contributed by atoms with Crippen molar-refractivity contribution in [2.45, 2.75) is 37.3 Å². The van der Waals surface area contributed by atoms with Crippen LogP contribution in [0.1, 0.15) is 31.1 Å². The largest absolute Gasteiger partial charge is 0.460 e. The third kappa shape index (κ3) is 7.98. The van der Waals surface area contributed by atoms with Crippen molar-refractivity contribution in [3.05, 3.63) is 126 Å². The van der Waals surface area contributed by atoms with E-state index in [0.717, 1.165) is 0 Å². The van der Waals surface area contributed by atoms with Gasteiger partial charge >= 0.3 is 23.9 Å². The summed E-state index contributed by atoms with van der Waals surface area (Å²) in [5, 5.41) is 0. The average Bonchev–Trinajstić information content (AvgIpc) is 3.47. The molecule has 1 aliphatic rings. The van der Waals surface area contributed by atoms with E-state index in [4.69, 9.17) is 23.7 Å². The van der Waals surface area contributed by atoms with E-state index in [-0.39, 0.29) is 23.2 Å². The summed E-state index contributed by atoms with van der Waals surface area (Å²) >= 11 is 0. The van der Waals surface area contributed by atoms with Gasteiger partial charge in [0.15, 0.2) is 24.9 Å². The van der Waals surface area contributed by atoms with Crippen molar-refractivity contribution in [3.63, 3.8) is 0 Å². The van der Waals surface area contributed by atoms with Gasteiger partial charge in [-0.25, -0.2) is 32.7 Å². The quantitative estimate of drug-likeness (QED) is 0.150. The number of benzene rings is 3. The smallest absolute Gasteiger partial charge is 0.348 e. The van der Waals surface area contributed by atoms with Crippen LogP contribution in [0, 0.1) is 0 Å². The second-order valence-corrected chi connectivity index (χ2v) is 10.2. The van der Waals surface area contributed by atoms with E-state index in [1.807, 2.05) is 0 Å². The van der Waals surface area contributed by atoms with E-state index in [1.54, 1.807) is 89.5 Å². The summed E-state index contributed by atoms with van der Waals surface area (Å²) in [5.74, 6) is -3.36. The monoisotopic (exact) mass is 617 g/mol. The molecule has 1 saturated heterocycles. The molecule has 11 nitrogen and oxygen atoms in total. The minimum atomic E-state index is -2.36. The molecule has 0 radical (unpaired) electrons. The minimum Gasteiger partial charge on any atom is -0.460 e. The molecule has 2 heterocycles.